The van der Waals surface area contributed by atoms with E-state index in [9.17, 15) is 9.59 Å². The SMILES string of the molecule is CC1CCCN(CCCOc2ccc(N3CCN(C(=O)c4ccc(OCC(=O)O)c5ccccc45)CC3)cc2)C1. The lowest BCUT2D eigenvalue weighted by molar-refractivity contribution is -0.139. The van der Waals surface area contributed by atoms with Gasteiger partial charge >= 0.3 is 5.97 Å². The van der Waals surface area contributed by atoms with Crippen LogP contribution in [0.5, 0.6) is 11.5 Å². The summed E-state index contributed by atoms with van der Waals surface area (Å²) in [6, 6.07) is 19.2. The van der Waals surface area contributed by atoms with E-state index in [2.05, 4.69) is 28.9 Å². The number of amides is 1. The van der Waals surface area contributed by atoms with Gasteiger partial charge in [-0.1, -0.05) is 31.2 Å². The Labute approximate surface area is 236 Å². The Balaban J connectivity index is 1.12. The van der Waals surface area contributed by atoms with Crippen LogP contribution in [0.4, 0.5) is 5.69 Å². The van der Waals surface area contributed by atoms with Gasteiger partial charge in [-0.3, -0.25) is 4.79 Å². The van der Waals surface area contributed by atoms with Crippen molar-refractivity contribution in [3.63, 3.8) is 0 Å². The van der Waals surface area contributed by atoms with E-state index in [0.29, 0.717) is 24.4 Å². The first-order valence-electron chi connectivity index (χ1n) is 14.3. The van der Waals surface area contributed by atoms with E-state index in [-0.39, 0.29) is 5.91 Å². The number of carboxylic acid groups (broad SMARTS) is 1. The molecule has 3 aromatic carbocycles. The third-order valence-corrected chi connectivity index (χ3v) is 7.86. The quantitative estimate of drug-likeness (QED) is 0.368. The predicted octanol–water partition coefficient (Wildman–Crippen LogP) is 4.77. The van der Waals surface area contributed by atoms with Gasteiger partial charge in [-0.2, -0.15) is 0 Å². The van der Waals surface area contributed by atoms with Crippen LogP contribution in [0.15, 0.2) is 60.7 Å². The Hall–Kier alpha value is -3.78. The molecule has 8 nitrogen and oxygen atoms in total. The molecule has 0 aliphatic carbocycles. The molecule has 5 rings (SSSR count). The van der Waals surface area contributed by atoms with Crippen molar-refractivity contribution < 1.29 is 24.2 Å². The number of ether oxygens (including phenoxy) is 2. The second-order valence-corrected chi connectivity index (χ2v) is 10.9. The number of piperazine rings is 1. The molecule has 8 heteroatoms. The highest BCUT2D eigenvalue weighted by Gasteiger charge is 2.24. The van der Waals surface area contributed by atoms with Crippen molar-refractivity contribution in [2.24, 2.45) is 5.92 Å². The summed E-state index contributed by atoms with van der Waals surface area (Å²) in [5.74, 6) is 1.10. The van der Waals surface area contributed by atoms with Crippen molar-refractivity contribution in [3.05, 3.63) is 66.2 Å². The number of anilines is 1. The summed E-state index contributed by atoms with van der Waals surface area (Å²) in [5, 5.41) is 10.5. The number of carbonyl (C=O) groups excluding carboxylic acids is 1. The maximum atomic E-state index is 13.5. The number of piperidine rings is 1. The fourth-order valence-electron chi connectivity index (χ4n) is 5.78. The minimum atomic E-state index is -1.04. The van der Waals surface area contributed by atoms with Crippen LogP contribution in [0.1, 0.15) is 36.5 Å². The predicted molar refractivity (Wildman–Crippen MR) is 157 cm³/mol. The number of aliphatic carboxylic acids is 1. The molecule has 1 unspecified atom stereocenters. The third-order valence-electron chi connectivity index (χ3n) is 7.86. The maximum Gasteiger partial charge on any atom is 0.341 e. The van der Waals surface area contributed by atoms with E-state index < -0.39 is 12.6 Å². The molecule has 1 amide bonds. The van der Waals surface area contributed by atoms with Gasteiger partial charge < -0.3 is 29.3 Å². The summed E-state index contributed by atoms with van der Waals surface area (Å²) in [6.45, 7) is 8.90. The average molecular weight is 546 g/mol. The maximum absolute atomic E-state index is 13.5. The van der Waals surface area contributed by atoms with Crippen LogP contribution in [-0.4, -0.2) is 85.8 Å². The fourth-order valence-corrected chi connectivity index (χ4v) is 5.78. The van der Waals surface area contributed by atoms with E-state index in [1.165, 1.54) is 25.9 Å². The lowest BCUT2D eigenvalue weighted by Crippen LogP contribution is -2.48. The second kappa shape index (κ2) is 13.0. The third kappa shape index (κ3) is 6.86. The van der Waals surface area contributed by atoms with Gasteiger partial charge in [0.2, 0.25) is 0 Å². The van der Waals surface area contributed by atoms with Crippen LogP contribution in [0.25, 0.3) is 10.8 Å². The topological polar surface area (TPSA) is 82.5 Å². The number of likely N-dealkylation sites (tertiary alicyclic amines) is 1. The zero-order chi connectivity index (χ0) is 27.9. The van der Waals surface area contributed by atoms with Crippen molar-refractivity contribution in [1.29, 1.82) is 0 Å². The molecule has 1 N–H and O–H groups in total. The number of hydrogen-bond donors (Lipinski definition) is 1. The summed E-state index contributed by atoms with van der Waals surface area (Å²) < 4.78 is 11.4. The molecule has 2 aliphatic rings. The van der Waals surface area contributed by atoms with E-state index >= 15 is 0 Å². The number of carboxylic acids is 1. The van der Waals surface area contributed by atoms with Crippen molar-refractivity contribution in [1.82, 2.24) is 9.80 Å². The van der Waals surface area contributed by atoms with Crippen molar-refractivity contribution in [2.45, 2.75) is 26.2 Å². The molecule has 212 valence electrons. The summed E-state index contributed by atoms with van der Waals surface area (Å²) in [5.41, 5.74) is 1.73. The van der Waals surface area contributed by atoms with Crippen LogP contribution in [0, 0.1) is 5.92 Å². The molecular weight excluding hydrogens is 506 g/mol. The first-order chi connectivity index (χ1) is 19.5. The molecule has 0 radical (unpaired) electrons. The zero-order valence-electron chi connectivity index (χ0n) is 23.3. The summed E-state index contributed by atoms with van der Waals surface area (Å²) >= 11 is 0. The number of carbonyl (C=O) groups is 2. The number of rotatable bonds is 10. The molecule has 0 spiro atoms. The normalized spacial score (nSPS) is 18.1. The highest BCUT2D eigenvalue weighted by molar-refractivity contribution is 6.08. The molecule has 0 bridgehead atoms. The van der Waals surface area contributed by atoms with Crippen LogP contribution in [-0.2, 0) is 4.79 Å². The minimum Gasteiger partial charge on any atom is -0.494 e. The highest BCUT2D eigenvalue weighted by atomic mass is 16.5. The minimum absolute atomic E-state index is 0.0246. The monoisotopic (exact) mass is 545 g/mol. The number of nitrogens with zero attached hydrogens (tertiary/aromatic N) is 3. The van der Waals surface area contributed by atoms with Crippen LogP contribution >= 0.6 is 0 Å². The number of fused-ring (bicyclic) bond motifs is 1. The molecule has 0 saturated carbocycles. The van der Waals surface area contributed by atoms with Gasteiger partial charge in [0.1, 0.15) is 11.5 Å². The standard InChI is InChI=1S/C32H39N3O5/c1-24-6-4-15-33(22-24)16-5-21-39-26-11-9-25(10-12-26)34-17-19-35(20-18-34)32(38)29-13-14-30(40-23-31(36)37)28-8-3-2-7-27(28)29/h2-3,7-14,24H,4-6,15-23H2,1H3,(H,36,37). The van der Waals surface area contributed by atoms with Gasteiger partial charge in [-0.25, -0.2) is 4.79 Å². The van der Waals surface area contributed by atoms with E-state index in [0.717, 1.165) is 60.8 Å². The van der Waals surface area contributed by atoms with Gasteiger partial charge in [0.05, 0.1) is 6.61 Å². The molecule has 2 heterocycles. The van der Waals surface area contributed by atoms with Crippen molar-refractivity contribution in [2.75, 3.05) is 63.9 Å². The van der Waals surface area contributed by atoms with E-state index in [4.69, 9.17) is 14.6 Å². The molecule has 2 saturated heterocycles. The molecule has 3 aromatic rings. The molecule has 40 heavy (non-hydrogen) atoms. The summed E-state index contributed by atoms with van der Waals surface area (Å²) in [4.78, 5) is 31.2. The Kier molecular flexibility index (Phi) is 9.06. The second-order valence-electron chi connectivity index (χ2n) is 10.9. The molecular formula is C32H39N3O5. The zero-order valence-corrected chi connectivity index (χ0v) is 23.3. The average Bonchev–Trinajstić information content (AvgIpc) is 2.98. The van der Waals surface area contributed by atoms with Crippen LogP contribution in [0.3, 0.4) is 0 Å². The molecule has 1 atom stereocenters. The van der Waals surface area contributed by atoms with Gasteiger partial charge in [0.25, 0.3) is 5.91 Å². The molecule has 0 aromatic heterocycles. The van der Waals surface area contributed by atoms with E-state index in [1.807, 2.05) is 41.3 Å². The molecule has 2 fully saturated rings. The van der Waals surface area contributed by atoms with Gasteiger partial charge in [0, 0.05) is 55.9 Å². The summed E-state index contributed by atoms with van der Waals surface area (Å²) in [6.07, 6.45) is 3.70. The Bertz CT molecular complexity index is 1300. The lowest BCUT2D eigenvalue weighted by atomic mass is 10.0. The number of hydrogen-bond acceptors (Lipinski definition) is 6. The van der Waals surface area contributed by atoms with Crippen LogP contribution < -0.4 is 14.4 Å². The largest absolute Gasteiger partial charge is 0.494 e. The first kappa shape index (κ1) is 27.8. The van der Waals surface area contributed by atoms with Gasteiger partial charge in [-0.15, -0.1) is 0 Å². The Morgan fingerprint density at radius 2 is 1.65 bits per heavy atom. The van der Waals surface area contributed by atoms with E-state index in [1.54, 1.807) is 12.1 Å². The lowest BCUT2D eigenvalue weighted by Gasteiger charge is -2.36. The summed E-state index contributed by atoms with van der Waals surface area (Å²) in [7, 11) is 0. The highest BCUT2D eigenvalue weighted by Crippen LogP contribution is 2.30. The Morgan fingerprint density at radius 3 is 2.38 bits per heavy atom. The van der Waals surface area contributed by atoms with Gasteiger partial charge in [-0.05, 0) is 73.5 Å². The first-order valence-corrected chi connectivity index (χ1v) is 14.3. The molecule has 2 aliphatic heterocycles. The van der Waals surface area contributed by atoms with Gasteiger partial charge in [0.15, 0.2) is 6.61 Å². The van der Waals surface area contributed by atoms with Crippen molar-refractivity contribution >= 4 is 28.3 Å². The Morgan fingerprint density at radius 1 is 0.900 bits per heavy atom. The van der Waals surface area contributed by atoms with Crippen LogP contribution in [0.2, 0.25) is 0 Å². The fraction of sp³-hybridized carbons (Fsp3) is 0.438. The number of benzene rings is 3. The smallest absolute Gasteiger partial charge is 0.341 e. The van der Waals surface area contributed by atoms with Crippen molar-refractivity contribution in [3.8, 4) is 11.5 Å².